The largest absolute Gasteiger partial charge is 0.396 e. The summed E-state index contributed by atoms with van der Waals surface area (Å²) in [6.07, 6.45) is 7.69. The molecule has 0 aromatic heterocycles. The lowest BCUT2D eigenvalue weighted by molar-refractivity contribution is -0.163. The first-order valence-corrected chi connectivity index (χ1v) is 10.3. The molecule has 0 atom stereocenters. The molecule has 5 heteroatoms. The molecule has 4 saturated carbocycles. The third-order valence-corrected chi connectivity index (χ3v) is 7.86. The van der Waals surface area contributed by atoms with Gasteiger partial charge >= 0.3 is 0 Å². The zero-order valence-corrected chi connectivity index (χ0v) is 15.3. The Morgan fingerprint density at radius 2 is 1.52 bits per heavy atom. The molecule has 2 saturated heterocycles. The molecule has 5 nitrogen and oxygen atoms in total. The molecule has 4 aliphatic carbocycles. The number of piperazine rings is 1. The summed E-state index contributed by atoms with van der Waals surface area (Å²) in [4.78, 5) is 18.0. The summed E-state index contributed by atoms with van der Waals surface area (Å²) < 4.78 is 5.32. The van der Waals surface area contributed by atoms with Gasteiger partial charge in [0.2, 0.25) is 5.91 Å². The Balaban J connectivity index is 1.20. The van der Waals surface area contributed by atoms with Gasteiger partial charge in [-0.25, -0.2) is 0 Å². The lowest BCUT2D eigenvalue weighted by Crippen LogP contribution is -2.60. The van der Waals surface area contributed by atoms with Crippen molar-refractivity contribution >= 4 is 5.91 Å². The van der Waals surface area contributed by atoms with E-state index in [-0.39, 0.29) is 17.4 Å². The Morgan fingerprint density at radius 3 is 1.96 bits per heavy atom. The van der Waals surface area contributed by atoms with Crippen LogP contribution in [0.4, 0.5) is 0 Å². The second-order valence-corrected chi connectivity index (χ2v) is 9.92. The molecule has 6 fully saturated rings. The third kappa shape index (κ3) is 2.74. The molecule has 0 radical (unpaired) electrons. The summed E-state index contributed by atoms with van der Waals surface area (Å²) in [5, 5.41) is 9.63. The van der Waals surface area contributed by atoms with Gasteiger partial charge in [0.15, 0.2) is 0 Å². The lowest BCUT2D eigenvalue weighted by Gasteiger charge is -2.57. The van der Waals surface area contributed by atoms with Crippen molar-refractivity contribution in [1.82, 2.24) is 9.80 Å². The number of amides is 1. The molecular weight excluding hydrogens is 316 g/mol. The quantitative estimate of drug-likeness (QED) is 0.833. The molecule has 6 rings (SSSR count). The Hall–Kier alpha value is -0.650. The predicted octanol–water partition coefficient (Wildman–Crippen LogP) is 1.36. The monoisotopic (exact) mass is 348 g/mol. The van der Waals surface area contributed by atoms with Gasteiger partial charge < -0.3 is 14.7 Å². The summed E-state index contributed by atoms with van der Waals surface area (Å²) in [7, 11) is 0. The fourth-order valence-electron chi connectivity index (χ4n) is 6.91. The highest BCUT2D eigenvalue weighted by atomic mass is 16.5. The number of ether oxygens (including phenoxy) is 1. The summed E-state index contributed by atoms with van der Waals surface area (Å²) in [6, 6.07) is 0. The van der Waals surface area contributed by atoms with E-state index in [1.807, 2.05) is 0 Å². The van der Waals surface area contributed by atoms with E-state index in [2.05, 4.69) is 9.80 Å². The van der Waals surface area contributed by atoms with Crippen LogP contribution in [0, 0.1) is 28.6 Å². The van der Waals surface area contributed by atoms with Crippen molar-refractivity contribution in [3.05, 3.63) is 0 Å². The van der Waals surface area contributed by atoms with Crippen molar-refractivity contribution < 1.29 is 14.6 Å². The van der Waals surface area contributed by atoms with E-state index in [4.69, 9.17) is 4.74 Å². The van der Waals surface area contributed by atoms with Crippen LogP contribution in [0.25, 0.3) is 0 Å². The van der Waals surface area contributed by atoms with Crippen LogP contribution >= 0.6 is 0 Å². The van der Waals surface area contributed by atoms with Gasteiger partial charge in [-0.15, -0.1) is 0 Å². The van der Waals surface area contributed by atoms with Gasteiger partial charge in [0.1, 0.15) is 0 Å². The van der Waals surface area contributed by atoms with Gasteiger partial charge in [0.25, 0.3) is 0 Å². The van der Waals surface area contributed by atoms with E-state index in [0.29, 0.717) is 19.1 Å². The summed E-state index contributed by atoms with van der Waals surface area (Å²) in [5.74, 6) is 2.98. The maximum absolute atomic E-state index is 13.4. The maximum Gasteiger partial charge on any atom is 0.228 e. The molecule has 2 heterocycles. The van der Waals surface area contributed by atoms with E-state index in [0.717, 1.165) is 50.5 Å². The van der Waals surface area contributed by atoms with E-state index in [1.54, 1.807) is 0 Å². The topological polar surface area (TPSA) is 53.0 Å². The normalized spacial score (nSPS) is 42.4. The van der Waals surface area contributed by atoms with E-state index >= 15 is 0 Å². The highest BCUT2D eigenvalue weighted by Gasteiger charge is 2.55. The van der Waals surface area contributed by atoms with Gasteiger partial charge in [-0.3, -0.25) is 9.69 Å². The molecule has 0 aromatic rings. The molecule has 6 aliphatic rings. The first-order chi connectivity index (χ1) is 12.1. The van der Waals surface area contributed by atoms with Crippen LogP contribution < -0.4 is 0 Å². The first-order valence-electron chi connectivity index (χ1n) is 10.3. The first kappa shape index (κ1) is 16.5. The van der Waals surface area contributed by atoms with Crippen LogP contribution in [-0.2, 0) is 9.53 Å². The van der Waals surface area contributed by atoms with E-state index in [9.17, 15) is 9.90 Å². The van der Waals surface area contributed by atoms with Gasteiger partial charge in [-0.1, -0.05) is 0 Å². The summed E-state index contributed by atoms with van der Waals surface area (Å²) in [5.41, 5.74) is -0.0445. The Kier molecular flexibility index (Phi) is 3.92. The number of nitrogens with zero attached hydrogens (tertiary/aromatic N) is 2. The minimum absolute atomic E-state index is 0.00501. The van der Waals surface area contributed by atoms with E-state index < -0.39 is 0 Å². The molecule has 2 aliphatic heterocycles. The average Bonchev–Trinajstić information content (AvgIpc) is 2.57. The second-order valence-electron chi connectivity index (χ2n) is 9.92. The molecule has 0 aromatic carbocycles. The van der Waals surface area contributed by atoms with Crippen molar-refractivity contribution in [3.63, 3.8) is 0 Å². The van der Waals surface area contributed by atoms with Crippen molar-refractivity contribution in [3.8, 4) is 0 Å². The Morgan fingerprint density at radius 1 is 0.960 bits per heavy atom. The van der Waals surface area contributed by atoms with Gasteiger partial charge in [0, 0.05) is 32.7 Å². The van der Waals surface area contributed by atoms with Crippen molar-refractivity contribution in [2.45, 2.75) is 38.5 Å². The fraction of sp³-hybridized carbons (Fsp3) is 0.950. The van der Waals surface area contributed by atoms with Crippen molar-refractivity contribution in [2.24, 2.45) is 28.6 Å². The number of carbonyl (C=O) groups is 1. The van der Waals surface area contributed by atoms with Gasteiger partial charge in [-0.2, -0.15) is 0 Å². The van der Waals surface area contributed by atoms with Crippen molar-refractivity contribution in [2.75, 3.05) is 52.5 Å². The van der Waals surface area contributed by atoms with Gasteiger partial charge in [-0.05, 0) is 56.3 Å². The van der Waals surface area contributed by atoms with Crippen LogP contribution in [0.15, 0.2) is 0 Å². The highest BCUT2D eigenvalue weighted by Crippen LogP contribution is 2.60. The minimum atomic E-state index is -0.0495. The Labute approximate surface area is 150 Å². The lowest BCUT2D eigenvalue weighted by atomic mass is 9.49. The van der Waals surface area contributed by atoms with Gasteiger partial charge in [0.05, 0.1) is 30.7 Å². The molecule has 0 unspecified atom stereocenters. The number of hydrogen-bond donors (Lipinski definition) is 1. The molecule has 1 N–H and O–H groups in total. The summed E-state index contributed by atoms with van der Waals surface area (Å²) >= 11 is 0. The minimum Gasteiger partial charge on any atom is -0.396 e. The zero-order chi connectivity index (χ0) is 17.1. The molecule has 140 valence electrons. The number of rotatable bonds is 4. The SMILES string of the molecule is O=C(N1CCN(CC2(CO)COC2)CC1)C12CC3CC(CC(C3)C1)C2. The number of aliphatic hydroxyl groups excluding tert-OH is 1. The summed E-state index contributed by atoms with van der Waals surface area (Å²) in [6.45, 7) is 6.08. The Bertz CT molecular complexity index is 496. The van der Waals surface area contributed by atoms with E-state index in [1.165, 1.54) is 38.5 Å². The number of carbonyl (C=O) groups excluding carboxylic acids is 1. The van der Waals surface area contributed by atoms with Crippen LogP contribution in [0.1, 0.15) is 38.5 Å². The second kappa shape index (κ2) is 5.93. The van der Waals surface area contributed by atoms with Crippen molar-refractivity contribution in [1.29, 1.82) is 0 Å². The average molecular weight is 348 g/mol. The molecule has 4 bridgehead atoms. The smallest absolute Gasteiger partial charge is 0.228 e. The van der Waals surface area contributed by atoms with Crippen LogP contribution in [-0.4, -0.2) is 73.4 Å². The fourth-order valence-corrected chi connectivity index (χ4v) is 6.91. The number of aliphatic hydroxyl groups is 1. The number of hydrogen-bond acceptors (Lipinski definition) is 4. The maximum atomic E-state index is 13.4. The molecular formula is C20H32N2O3. The standard InChI is InChI=1S/C20H32N2O3/c23-12-19(13-25-14-19)11-21-1-3-22(4-2-21)18(24)20-8-15-5-16(9-20)7-17(6-15)10-20/h15-17,23H,1-14H2. The van der Waals surface area contributed by atoms with Crippen LogP contribution in [0.2, 0.25) is 0 Å². The van der Waals surface area contributed by atoms with Crippen LogP contribution in [0.3, 0.4) is 0 Å². The molecule has 25 heavy (non-hydrogen) atoms. The highest BCUT2D eigenvalue weighted by molar-refractivity contribution is 5.83. The van der Waals surface area contributed by atoms with Crippen LogP contribution in [0.5, 0.6) is 0 Å². The zero-order valence-electron chi connectivity index (χ0n) is 15.3. The molecule has 1 amide bonds. The third-order valence-electron chi connectivity index (χ3n) is 7.86. The molecule has 0 spiro atoms. The predicted molar refractivity (Wildman–Crippen MR) is 94.0 cm³/mol.